The molecule has 1 saturated heterocycles. The van der Waals surface area contributed by atoms with E-state index >= 15 is 0 Å². The second kappa shape index (κ2) is 8.68. The fraction of sp³-hybridized carbons (Fsp3) is 0.250. The number of carbonyl (C=O) groups excluding carboxylic acids is 3. The maximum absolute atomic E-state index is 14.1. The van der Waals surface area contributed by atoms with Gasteiger partial charge in [-0.25, -0.2) is 13.6 Å². The van der Waals surface area contributed by atoms with E-state index in [9.17, 15) is 23.2 Å². The first-order chi connectivity index (χ1) is 13.8. The van der Waals surface area contributed by atoms with Crippen molar-refractivity contribution in [3.05, 3.63) is 64.7 Å². The second-order valence-corrected chi connectivity index (χ2v) is 6.61. The minimum absolute atomic E-state index is 0.105. The first-order valence-electron chi connectivity index (χ1n) is 9.03. The number of urea groups is 1. The molecule has 152 valence electrons. The average Bonchev–Trinajstić information content (AvgIpc) is 3.08. The Hall–Kier alpha value is -3.49. The van der Waals surface area contributed by atoms with Gasteiger partial charge in [-0.15, -0.1) is 0 Å². The average molecular weight is 402 g/mol. The molecule has 2 aromatic rings. The molecule has 1 fully saturated rings. The summed E-state index contributed by atoms with van der Waals surface area (Å²) in [5.41, 5.74) is 0.450. The van der Waals surface area contributed by atoms with E-state index in [2.05, 4.69) is 16.0 Å². The van der Waals surface area contributed by atoms with Gasteiger partial charge in [0, 0.05) is 37.8 Å². The van der Waals surface area contributed by atoms with Crippen LogP contribution in [0.15, 0.2) is 36.4 Å². The molecule has 4 amide bonds. The normalized spacial score (nSPS) is 13.2. The molecule has 1 heterocycles. The van der Waals surface area contributed by atoms with E-state index in [4.69, 9.17) is 0 Å². The van der Waals surface area contributed by atoms with Gasteiger partial charge in [-0.3, -0.25) is 9.59 Å². The van der Waals surface area contributed by atoms with Gasteiger partial charge in [-0.05, 0) is 25.1 Å². The highest BCUT2D eigenvalue weighted by atomic mass is 19.1. The van der Waals surface area contributed by atoms with Crippen molar-refractivity contribution in [2.45, 2.75) is 6.92 Å². The van der Waals surface area contributed by atoms with Gasteiger partial charge in [-0.2, -0.15) is 0 Å². The van der Waals surface area contributed by atoms with Crippen LogP contribution in [0.2, 0.25) is 0 Å². The minimum Gasteiger partial charge on any atom is -0.350 e. The van der Waals surface area contributed by atoms with E-state index in [-0.39, 0.29) is 24.8 Å². The molecular weight excluding hydrogens is 382 g/mol. The molecule has 3 N–H and O–H groups in total. The van der Waals surface area contributed by atoms with Crippen molar-refractivity contribution in [3.8, 4) is 0 Å². The zero-order valence-corrected chi connectivity index (χ0v) is 15.7. The highest BCUT2D eigenvalue weighted by Gasteiger charge is 2.21. The molecule has 1 aliphatic heterocycles. The fourth-order valence-electron chi connectivity index (χ4n) is 2.92. The largest absolute Gasteiger partial charge is 0.350 e. The van der Waals surface area contributed by atoms with Gasteiger partial charge >= 0.3 is 6.03 Å². The van der Waals surface area contributed by atoms with Gasteiger partial charge in [0.2, 0.25) is 0 Å². The van der Waals surface area contributed by atoms with Gasteiger partial charge in [-0.1, -0.05) is 17.7 Å². The van der Waals surface area contributed by atoms with E-state index < -0.39 is 29.0 Å². The Morgan fingerprint density at radius 2 is 1.93 bits per heavy atom. The van der Waals surface area contributed by atoms with Crippen LogP contribution in [-0.2, 0) is 0 Å². The third-order valence-corrected chi connectivity index (χ3v) is 4.44. The van der Waals surface area contributed by atoms with Crippen molar-refractivity contribution in [1.29, 1.82) is 0 Å². The molecule has 0 aliphatic carbocycles. The molecule has 3 rings (SSSR count). The number of nitrogens with one attached hydrogen (secondary N) is 3. The lowest BCUT2D eigenvalue weighted by atomic mass is 10.1. The summed E-state index contributed by atoms with van der Waals surface area (Å²) in [4.78, 5) is 37.6. The standard InChI is InChI=1S/C20H20F2N4O3/c1-12-3-2-4-13(9-12)18(27)25-17-10-14(15(21)11-16(17)22)19(28)23-5-7-26-8-6-24-20(26)29/h2-4,9-11H,5-8H2,1H3,(H,23,28)(H,24,29)(H,25,27). The van der Waals surface area contributed by atoms with Crippen LogP contribution in [-0.4, -0.2) is 48.9 Å². The SMILES string of the molecule is Cc1cccc(C(=O)Nc2cc(C(=O)NCCN3CCNC3=O)c(F)cc2F)c1. The van der Waals surface area contributed by atoms with Crippen LogP contribution in [0.25, 0.3) is 0 Å². The molecule has 0 atom stereocenters. The number of hydrogen-bond acceptors (Lipinski definition) is 3. The lowest BCUT2D eigenvalue weighted by Crippen LogP contribution is -2.37. The Morgan fingerprint density at radius 1 is 1.14 bits per heavy atom. The number of halogens is 2. The van der Waals surface area contributed by atoms with Crippen molar-refractivity contribution in [1.82, 2.24) is 15.5 Å². The van der Waals surface area contributed by atoms with Crippen molar-refractivity contribution < 1.29 is 23.2 Å². The van der Waals surface area contributed by atoms with Gasteiger partial charge in [0.15, 0.2) is 0 Å². The monoisotopic (exact) mass is 402 g/mol. The van der Waals surface area contributed by atoms with Gasteiger partial charge in [0.1, 0.15) is 11.6 Å². The highest BCUT2D eigenvalue weighted by Crippen LogP contribution is 2.21. The van der Waals surface area contributed by atoms with Crippen LogP contribution in [0, 0.1) is 18.6 Å². The van der Waals surface area contributed by atoms with E-state index in [1.807, 2.05) is 13.0 Å². The quantitative estimate of drug-likeness (QED) is 0.693. The zero-order chi connectivity index (χ0) is 21.0. The number of amides is 4. The van der Waals surface area contributed by atoms with E-state index in [1.165, 1.54) is 4.90 Å². The number of hydrogen-bond donors (Lipinski definition) is 3. The maximum Gasteiger partial charge on any atom is 0.317 e. The lowest BCUT2D eigenvalue weighted by Gasteiger charge is -2.15. The van der Waals surface area contributed by atoms with E-state index in [0.29, 0.717) is 24.7 Å². The molecule has 9 heteroatoms. The summed E-state index contributed by atoms with van der Waals surface area (Å²) >= 11 is 0. The van der Waals surface area contributed by atoms with Crippen LogP contribution in [0.3, 0.4) is 0 Å². The second-order valence-electron chi connectivity index (χ2n) is 6.61. The predicted octanol–water partition coefficient (Wildman–Crippen LogP) is 2.28. The fourth-order valence-corrected chi connectivity index (χ4v) is 2.92. The first-order valence-corrected chi connectivity index (χ1v) is 9.03. The Kier molecular flexibility index (Phi) is 6.06. The smallest absolute Gasteiger partial charge is 0.317 e. The van der Waals surface area contributed by atoms with Crippen LogP contribution < -0.4 is 16.0 Å². The summed E-state index contributed by atoms with van der Waals surface area (Å²) in [6, 6.07) is 7.96. The summed E-state index contributed by atoms with van der Waals surface area (Å²) in [6.45, 7) is 3.23. The summed E-state index contributed by atoms with van der Waals surface area (Å²) in [6.07, 6.45) is 0. The highest BCUT2D eigenvalue weighted by molar-refractivity contribution is 6.05. The minimum atomic E-state index is -1.05. The Balaban J connectivity index is 1.68. The third kappa shape index (κ3) is 4.87. The Bertz CT molecular complexity index is 965. The summed E-state index contributed by atoms with van der Waals surface area (Å²) in [5, 5.41) is 7.48. The number of nitrogens with zero attached hydrogens (tertiary/aromatic N) is 1. The van der Waals surface area contributed by atoms with Crippen molar-refractivity contribution in [2.24, 2.45) is 0 Å². The maximum atomic E-state index is 14.1. The molecule has 0 bridgehead atoms. The van der Waals surface area contributed by atoms with Crippen molar-refractivity contribution in [2.75, 3.05) is 31.5 Å². The molecule has 0 saturated carbocycles. The number of anilines is 1. The van der Waals surface area contributed by atoms with Crippen LogP contribution in [0.1, 0.15) is 26.3 Å². The van der Waals surface area contributed by atoms with Crippen molar-refractivity contribution in [3.63, 3.8) is 0 Å². The van der Waals surface area contributed by atoms with E-state index in [1.54, 1.807) is 18.2 Å². The third-order valence-electron chi connectivity index (χ3n) is 4.44. The first kappa shape index (κ1) is 20.2. The molecule has 0 radical (unpaired) electrons. The van der Waals surface area contributed by atoms with Gasteiger partial charge < -0.3 is 20.9 Å². The molecule has 0 aromatic heterocycles. The summed E-state index contributed by atoms with van der Waals surface area (Å²) < 4.78 is 28.2. The Morgan fingerprint density at radius 3 is 2.62 bits per heavy atom. The van der Waals surface area contributed by atoms with Crippen LogP contribution in [0.5, 0.6) is 0 Å². The predicted molar refractivity (Wildman–Crippen MR) is 103 cm³/mol. The summed E-state index contributed by atoms with van der Waals surface area (Å²) in [5.74, 6) is -3.39. The molecule has 29 heavy (non-hydrogen) atoms. The number of carbonyl (C=O) groups is 3. The molecule has 7 nitrogen and oxygen atoms in total. The Labute approximate surface area is 166 Å². The van der Waals surface area contributed by atoms with Crippen molar-refractivity contribution >= 4 is 23.5 Å². The molecular formula is C20H20F2N4O3. The molecule has 0 spiro atoms. The van der Waals surface area contributed by atoms with Gasteiger partial charge in [0.25, 0.3) is 11.8 Å². The molecule has 0 unspecified atom stereocenters. The zero-order valence-electron chi connectivity index (χ0n) is 15.7. The molecule has 2 aromatic carbocycles. The number of benzene rings is 2. The van der Waals surface area contributed by atoms with E-state index in [0.717, 1.165) is 11.6 Å². The number of aryl methyl sites for hydroxylation is 1. The van der Waals surface area contributed by atoms with Crippen LogP contribution in [0.4, 0.5) is 19.3 Å². The van der Waals surface area contributed by atoms with Gasteiger partial charge in [0.05, 0.1) is 11.3 Å². The topological polar surface area (TPSA) is 90.5 Å². The lowest BCUT2D eigenvalue weighted by molar-refractivity contribution is 0.0944. The number of rotatable bonds is 6. The molecule has 1 aliphatic rings. The summed E-state index contributed by atoms with van der Waals surface area (Å²) in [7, 11) is 0. The van der Waals surface area contributed by atoms with Crippen LogP contribution >= 0.6 is 0 Å².